The van der Waals surface area contributed by atoms with E-state index in [9.17, 15) is 0 Å². The van der Waals surface area contributed by atoms with Crippen LogP contribution >= 0.6 is 0 Å². The van der Waals surface area contributed by atoms with Crippen LogP contribution in [0.15, 0.2) is 187 Å². The van der Waals surface area contributed by atoms with Crippen LogP contribution in [0.5, 0.6) is 0 Å². The van der Waals surface area contributed by atoms with Crippen molar-refractivity contribution < 1.29 is 0 Å². The summed E-state index contributed by atoms with van der Waals surface area (Å²) in [5, 5.41) is 10.1. The highest BCUT2D eigenvalue weighted by Gasteiger charge is 2.23. The van der Waals surface area contributed by atoms with Gasteiger partial charge in [0.05, 0.1) is 11.4 Å². The van der Waals surface area contributed by atoms with Crippen LogP contribution in [0.25, 0.3) is 82.2 Å². The van der Waals surface area contributed by atoms with Crippen LogP contribution < -0.4 is 0 Å². The van der Waals surface area contributed by atoms with Crippen molar-refractivity contribution in [1.29, 1.82) is 0 Å². The van der Waals surface area contributed by atoms with Crippen LogP contribution in [-0.4, -0.2) is 5.71 Å². The van der Waals surface area contributed by atoms with E-state index in [0.29, 0.717) is 0 Å². The van der Waals surface area contributed by atoms with Gasteiger partial charge in [0.15, 0.2) is 0 Å². The standard InChI is InChI=1S/C48H31N/c1-2-14-32(15-3-1)45-35-17-5-9-21-39(35)47(40-22-10-6-18-36(40)45)48-41-23-11-7-19-37(41)46(38-20-8-12-24-42(38)48)33-28-26-31(27-29-33)44-30-34-16-4-13-25-43(34)49-44/h1-30,34H. The zero-order chi connectivity index (χ0) is 32.3. The molecule has 0 spiro atoms. The minimum absolute atomic E-state index is 0.272. The molecule has 1 heterocycles. The van der Waals surface area contributed by atoms with E-state index in [0.717, 1.165) is 17.0 Å². The van der Waals surface area contributed by atoms with Gasteiger partial charge in [0.1, 0.15) is 0 Å². The number of benzene rings is 8. The predicted molar refractivity (Wildman–Crippen MR) is 210 cm³/mol. The summed E-state index contributed by atoms with van der Waals surface area (Å²) in [6.45, 7) is 0. The molecule has 10 rings (SSSR count). The first kappa shape index (κ1) is 27.8. The predicted octanol–water partition coefficient (Wildman–Crippen LogP) is 12.8. The number of hydrogen-bond donors (Lipinski definition) is 0. The third-order valence-electron chi connectivity index (χ3n) is 10.3. The Hall–Kier alpha value is -6.31. The lowest BCUT2D eigenvalue weighted by atomic mass is 9.81. The number of allylic oxidation sites excluding steroid dienone is 5. The molecule has 8 aromatic carbocycles. The molecule has 49 heavy (non-hydrogen) atoms. The zero-order valence-electron chi connectivity index (χ0n) is 26.8. The molecule has 1 heteroatoms. The Balaban J connectivity index is 1.25. The van der Waals surface area contributed by atoms with Gasteiger partial charge < -0.3 is 0 Å². The van der Waals surface area contributed by atoms with Crippen LogP contribution in [0.2, 0.25) is 0 Å². The highest BCUT2D eigenvalue weighted by molar-refractivity contribution is 6.30. The molecule has 0 radical (unpaired) electrons. The summed E-state index contributed by atoms with van der Waals surface area (Å²) < 4.78 is 0. The first-order valence-corrected chi connectivity index (χ1v) is 17.0. The summed E-state index contributed by atoms with van der Waals surface area (Å²) in [6, 6.07) is 55.7. The molecule has 1 nitrogen and oxygen atoms in total. The summed E-state index contributed by atoms with van der Waals surface area (Å²) in [5.41, 5.74) is 10.9. The van der Waals surface area contributed by atoms with Gasteiger partial charge in [-0.05, 0) is 94.2 Å². The van der Waals surface area contributed by atoms with Crippen LogP contribution in [-0.2, 0) is 0 Å². The fraction of sp³-hybridized carbons (Fsp3) is 0.0208. The van der Waals surface area contributed by atoms with Gasteiger partial charge in [-0.2, -0.15) is 0 Å². The zero-order valence-corrected chi connectivity index (χ0v) is 26.8. The molecule has 0 saturated carbocycles. The molecule has 1 atom stereocenters. The van der Waals surface area contributed by atoms with Gasteiger partial charge in [0.25, 0.3) is 0 Å². The molecule has 0 N–H and O–H groups in total. The van der Waals surface area contributed by atoms with Gasteiger partial charge in [-0.3, -0.25) is 4.99 Å². The van der Waals surface area contributed by atoms with Gasteiger partial charge in [0, 0.05) is 5.92 Å². The minimum atomic E-state index is 0.272. The summed E-state index contributed by atoms with van der Waals surface area (Å²) in [4.78, 5) is 4.94. The maximum Gasteiger partial charge on any atom is 0.0675 e. The molecule has 1 unspecified atom stereocenters. The SMILES string of the molecule is C1=CC2=NC(c3ccc(-c4c5ccccc5c(-c5c6ccccc6c(-c6ccccc6)c6ccccc56)c5ccccc45)cc3)=CC2C=C1. The summed E-state index contributed by atoms with van der Waals surface area (Å²) >= 11 is 0. The molecule has 2 aliphatic rings. The van der Waals surface area contributed by atoms with E-state index in [1.165, 1.54) is 76.5 Å². The van der Waals surface area contributed by atoms with Crippen LogP contribution in [0, 0.1) is 5.92 Å². The number of fused-ring (bicyclic) bond motifs is 5. The maximum absolute atomic E-state index is 4.94. The number of rotatable bonds is 4. The fourth-order valence-electron chi connectivity index (χ4n) is 8.14. The van der Waals surface area contributed by atoms with E-state index < -0.39 is 0 Å². The Labute approximate surface area is 285 Å². The van der Waals surface area contributed by atoms with Gasteiger partial charge in [-0.15, -0.1) is 0 Å². The van der Waals surface area contributed by atoms with Gasteiger partial charge in [-0.25, -0.2) is 0 Å². The van der Waals surface area contributed by atoms with Crippen molar-refractivity contribution in [2.24, 2.45) is 10.9 Å². The Morgan fingerprint density at radius 2 is 0.735 bits per heavy atom. The smallest absolute Gasteiger partial charge is 0.0675 e. The molecule has 0 saturated heterocycles. The molecular weight excluding hydrogens is 591 g/mol. The van der Waals surface area contributed by atoms with E-state index in [2.05, 4.69) is 182 Å². The number of aliphatic imine (C=N–C) groups is 1. The highest BCUT2D eigenvalue weighted by Crippen LogP contribution is 2.50. The molecule has 1 aliphatic carbocycles. The van der Waals surface area contributed by atoms with Crippen molar-refractivity contribution in [1.82, 2.24) is 0 Å². The molecule has 0 fully saturated rings. The van der Waals surface area contributed by atoms with Gasteiger partial charge in [0.2, 0.25) is 0 Å². The third-order valence-corrected chi connectivity index (χ3v) is 10.3. The second kappa shape index (κ2) is 11.1. The van der Waals surface area contributed by atoms with Crippen molar-refractivity contribution in [3.8, 4) is 33.4 Å². The number of nitrogens with zero attached hydrogens (tertiary/aromatic N) is 1. The normalized spacial score (nSPS) is 15.2. The fourth-order valence-corrected chi connectivity index (χ4v) is 8.14. The van der Waals surface area contributed by atoms with E-state index in [1.807, 2.05) is 0 Å². The first-order chi connectivity index (χ1) is 24.3. The highest BCUT2D eigenvalue weighted by atomic mass is 14.8. The number of hydrogen-bond acceptors (Lipinski definition) is 1. The third kappa shape index (κ3) is 4.36. The van der Waals surface area contributed by atoms with Gasteiger partial charge in [-0.1, -0.05) is 170 Å². The molecule has 0 bridgehead atoms. The van der Waals surface area contributed by atoms with E-state index >= 15 is 0 Å². The van der Waals surface area contributed by atoms with E-state index in [4.69, 9.17) is 4.99 Å². The lowest BCUT2D eigenvalue weighted by Gasteiger charge is -2.22. The van der Waals surface area contributed by atoms with Crippen molar-refractivity contribution in [3.63, 3.8) is 0 Å². The Bertz CT molecular complexity index is 2630. The largest absolute Gasteiger partial charge is 0.252 e. The average Bonchev–Trinajstić information content (AvgIpc) is 3.61. The molecule has 1 aliphatic heterocycles. The first-order valence-electron chi connectivity index (χ1n) is 17.0. The van der Waals surface area contributed by atoms with Crippen LogP contribution in [0.3, 0.4) is 0 Å². The van der Waals surface area contributed by atoms with Crippen molar-refractivity contribution in [3.05, 3.63) is 188 Å². The Morgan fingerprint density at radius 1 is 0.347 bits per heavy atom. The molecule has 8 aromatic rings. The van der Waals surface area contributed by atoms with Crippen LogP contribution in [0.4, 0.5) is 0 Å². The van der Waals surface area contributed by atoms with Crippen molar-refractivity contribution in [2.45, 2.75) is 0 Å². The van der Waals surface area contributed by atoms with E-state index in [1.54, 1.807) is 0 Å². The monoisotopic (exact) mass is 621 g/mol. The van der Waals surface area contributed by atoms with Crippen LogP contribution in [0.1, 0.15) is 5.56 Å². The molecular formula is C48H31N. The van der Waals surface area contributed by atoms with Gasteiger partial charge >= 0.3 is 0 Å². The van der Waals surface area contributed by atoms with Crippen molar-refractivity contribution in [2.75, 3.05) is 0 Å². The quantitative estimate of drug-likeness (QED) is 0.173. The average molecular weight is 622 g/mol. The summed E-state index contributed by atoms with van der Waals surface area (Å²) in [5.74, 6) is 0.272. The lowest BCUT2D eigenvalue weighted by Crippen LogP contribution is -2.04. The molecule has 0 aromatic heterocycles. The topological polar surface area (TPSA) is 12.4 Å². The second-order valence-corrected chi connectivity index (χ2v) is 13.0. The Kier molecular flexibility index (Phi) is 6.32. The minimum Gasteiger partial charge on any atom is -0.252 e. The molecule has 0 amide bonds. The summed E-state index contributed by atoms with van der Waals surface area (Å²) in [7, 11) is 0. The van der Waals surface area contributed by atoms with Crippen molar-refractivity contribution >= 4 is 54.5 Å². The lowest BCUT2D eigenvalue weighted by molar-refractivity contribution is 1.17. The van der Waals surface area contributed by atoms with E-state index in [-0.39, 0.29) is 5.92 Å². The maximum atomic E-state index is 4.94. The molecule has 228 valence electrons. The second-order valence-electron chi connectivity index (χ2n) is 13.0. The Morgan fingerprint density at radius 3 is 1.18 bits per heavy atom. The summed E-state index contributed by atoms with van der Waals surface area (Å²) in [6.07, 6.45) is 10.8.